The highest BCUT2D eigenvalue weighted by molar-refractivity contribution is 7.19. The van der Waals surface area contributed by atoms with E-state index in [1.165, 1.54) is 59.0 Å². The molecule has 3 aromatic heterocycles. The van der Waals surface area contributed by atoms with E-state index in [2.05, 4.69) is 156 Å². The molecule has 2 N–H and O–H groups in total. The molecule has 0 atom stereocenters. The molecule has 0 fully saturated rings. The number of aryl methyl sites for hydroxylation is 1. The van der Waals surface area contributed by atoms with E-state index < -0.39 is 0 Å². The molecule has 0 aliphatic carbocycles. The topological polar surface area (TPSA) is 45.1 Å². The maximum Gasteiger partial charge on any atom is 0.142 e. The second-order valence-electron chi connectivity index (χ2n) is 14.3. The molecule has 0 aliphatic heterocycles. The van der Waals surface area contributed by atoms with Crippen LogP contribution in [0.25, 0.3) is 93.4 Å². The molecule has 10 rings (SSSR count). The third-order valence-electron chi connectivity index (χ3n) is 11.1. The molecule has 3 heterocycles. The minimum Gasteiger partial charge on any atom is -0.495 e. The highest BCUT2D eigenvalue weighted by Crippen LogP contribution is 2.41. The number of hydrogen-bond donors (Lipinski definition) is 1. The van der Waals surface area contributed by atoms with Crippen LogP contribution in [0.2, 0.25) is 0 Å². The van der Waals surface area contributed by atoms with Gasteiger partial charge in [-0.1, -0.05) is 92.7 Å². The second-order valence-corrected chi connectivity index (χ2v) is 15.4. The smallest absolute Gasteiger partial charge is 0.142 e. The number of nitrogens with zero attached hydrogens (tertiary/aromatic N) is 2. The van der Waals surface area contributed by atoms with Gasteiger partial charge in [0, 0.05) is 47.9 Å². The van der Waals surface area contributed by atoms with Gasteiger partial charge in [-0.25, -0.2) is 0 Å². The number of ether oxygens (including phenoxy) is 1. The molecule has 0 aliphatic rings. The first-order valence-corrected chi connectivity index (χ1v) is 19.7. The van der Waals surface area contributed by atoms with Crippen LogP contribution in [-0.2, 0) is 6.42 Å². The van der Waals surface area contributed by atoms with Gasteiger partial charge in [0.05, 0.1) is 34.9 Å². The highest BCUT2D eigenvalue weighted by Gasteiger charge is 2.18. The third kappa shape index (κ3) is 5.26. The van der Waals surface area contributed by atoms with Crippen LogP contribution in [0.4, 0.5) is 5.69 Å². The first kappa shape index (κ1) is 33.0. The maximum absolute atomic E-state index is 6.46. The van der Waals surface area contributed by atoms with Gasteiger partial charge in [-0.15, -0.1) is 11.3 Å². The first-order chi connectivity index (χ1) is 27.0. The van der Waals surface area contributed by atoms with Gasteiger partial charge in [-0.3, -0.25) is 0 Å². The van der Waals surface area contributed by atoms with Crippen molar-refractivity contribution in [3.8, 4) is 39.4 Å². The van der Waals surface area contributed by atoms with Crippen LogP contribution in [0.5, 0.6) is 5.75 Å². The van der Waals surface area contributed by atoms with Gasteiger partial charge in [-0.2, -0.15) is 0 Å². The molecule has 0 unspecified atom stereocenters. The Balaban J connectivity index is 1.11. The fourth-order valence-electron chi connectivity index (χ4n) is 8.51. The Morgan fingerprint density at radius 2 is 1.18 bits per heavy atom. The van der Waals surface area contributed by atoms with E-state index in [9.17, 15) is 0 Å². The quantitative estimate of drug-likeness (QED) is 0.158. The molecular formula is C50H39N3OS. The summed E-state index contributed by atoms with van der Waals surface area (Å²) in [7, 11) is 1.67. The maximum atomic E-state index is 6.46. The molecule has 0 radical (unpaired) electrons. The summed E-state index contributed by atoms with van der Waals surface area (Å²) in [5, 5.41) is 5.99. The Hall–Kier alpha value is -6.56. The summed E-state index contributed by atoms with van der Waals surface area (Å²) >= 11 is 1.90. The lowest BCUT2D eigenvalue weighted by Gasteiger charge is -2.11. The third-order valence-corrected chi connectivity index (χ3v) is 12.3. The summed E-state index contributed by atoms with van der Waals surface area (Å²) in [5.41, 5.74) is 19.9. The molecule has 266 valence electrons. The predicted octanol–water partition coefficient (Wildman–Crippen LogP) is 13.6. The number of rotatable bonds is 8. The summed E-state index contributed by atoms with van der Waals surface area (Å²) in [6.07, 6.45) is 4.24. The van der Waals surface area contributed by atoms with Crippen molar-refractivity contribution in [3.05, 3.63) is 163 Å². The Kier molecular flexibility index (Phi) is 7.86. The summed E-state index contributed by atoms with van der Waals surface area (Å²) in [4.78, 5) is 1.42. The lowest BCUT2D eigenvalue weighted by atomic mass is 10.00. The number of thiophene rings is 1. The van der Waals surface area contributed by atoms with Crippen molar-refractivity contribution >= 4 is 76.8 Å². The average Bonchev–Trinajstić information content (AvgIpc) is 3.86. The largest absolute Gasteiger partial charge is 0.495 e. The Morgan fingerprint density at radius 1 is 0.582 bits per heavy atom. The van der Waals surface area contributed by atoms with E-state index in [0.717, 1.165) is 51.6 Å². The SMILES string of the molecule is C=Cc1c(CCC)sc2ccc(-c3cccc(-n4c5ccccc5c5cc(-c6ccc7c(c6)c6cc(OC)c(N)cc6n7-c6ccccc6)ccc54)c3)cc12. The van der Waals surface area contributed by atoms with Gasteiger partial charge in [0.1, 0.15) is 5.75 Å². The van der Waals surface area contributed by atoms with Gasteiger partial charge in [-0.05, 0) is 113 Å². The molecule has 0 spiro atoms. The molecule has 0 amide bonds. The van der Waals surface area contributed by atoms with Crippen LogP contribution < -0.4 is 10.5 Å². The summed E-state index contributed by atoms with van der Waals surface area (Å²) in [6.45, 7) is 6.41. The van der Waals surface area contributed by atoms with Crippen LogP contribution in [0.1, 0.15) is 23.8 Å². The van der Waals surface area contributed by atoms with Gasteiger partial charge in [0.15, 0.2) is 0 Å². The van der Waals surface area contributed by atoms with Crippen molar-refractivity contribution < 1.29 is 4.74 Å². The van der Waals surface area contributed by atoms with Crippen LogP contribution >= 0.6 is 11.3 Å². The van der Waals surface area contributed by atoms with Gasteiger partial charge < -0.3 is 19.6 Å². The van der Waals surface area contributed by atoms with E-state index >= 15 is 0 Å². The lowest BCUT2D eigenvalue weighted by molar-refractivity contribution is 0.417. The van der Waals surface area contributed by atoms with E-state index in [1.54, 1.807) is 7.11 Å². The number of aromatic nitrogens is 2. The molecule has 5 heteroatoms. The van der Waals surface area contributed by atoms with Crippen LogP contribution in [0.15, 0.2) is 152 Å². The average molecular weight is 730 g/mol. The minimum absolute atomic E-state index is 0.619. The molecule has 4 nitrogen and oxygen atoms in total. The molecule has 0 saturated heterocycles. The van der Waals surface area contributed by atoms with E-state index in [-0.39, 0.29) is 0 Å². The summed E-state index contributed by atoms with van der Waals surface area (Å²) < 4.78 is 11.7. The number of para-hydroxylation sites is 2. The zero-order valence-corrected chi connectivity index (χ0v) is 31.7. The molecule has 0 saturated carbocycles. The fraction of sp³-hybridized carbons (Fsp3) is 0.0800. The van der Waals surface area contributed by atoms with Crippen molar-refractivity contribution in [2.75, 3.05) is 12.8 Å². The Labute approximate surface area is 324 Å². The number of hydrogen-bond acceptors (Lipinski definition) is 3. The molecule has 10 aromatic rings. The normalized spacial score (nSPS) is 11.7. The van der Waals surface area contributed by atoms with Crippen molar-refractivity contribution in [2.45, 2.75) is 19.8 Å². The predicted molar refractivity (Wildman–Crippen MR) is 236 cm³/mol. The summed E-state index contributed by atoms with van der Waals surface area (Å²) in [6, 6.07) is 52.8. The van der Waals surface area contributed by atoms with Crippen LogP contribution in [0, 0.1) is 0 Å². The van der Waals surface area contributed by atoms with Gasteiger partial charge >= 0.3 is 0 Å². The van der Waals surface area contributed by atoms with Crippen molar-refractivity contribution in [1.29, 1.82) is 0 Å². The highest BCUT2D eigenvalue weighted by atomic mass is 32.1. The number of benzene rings is 7. The Morgan fingerprint density at radius 3 is 1.91 bits per heavy atom. The zero-order chi connectivity index (χ0) is 37.2. The van der Waals surface area contributed by atoms with Crippen molar-refractivity contribution in [3.63, 3.8) is 0 Å². The zero-order valence-electron chi connectivity index (χ0n) is 30.8. The molecule has 0 bridgehead atoms. The minimum atomic E-state index is 0.619. The van der Waals surface area contributed by atoms with E-state index in [4.69, 9.17) is 10.5 Å². The molecule has 7 aromatic carbocycles. The number of methoxy groups -OCH3 is 1. The van der Waals surface area contributed by atoms with E-state index in [1.807, 2.05) is 29.5 Å². The molecule has 55 heavy (non-hydrogen) atoms. The first-order valence-electron chi connectivity index (χ1n) is 18.8. The number of anilines is 1. The standard InChI is InChI=1S/C50H39N3OS/c1-4-12-49-37(5-2)42-28-34(21-24-50(42)55-49)31-13-11-16-36(25-31)53-44-18-10-9-17-38(44)39-26-32(19-22-45(39)53)33-20-23-46-40(27-33)41-29-48(54-3)43(51)30-47(41)52(46)35-14-7-6-8-15-35/h5-11,13-30H,2,4,12,51H2,1,3H3. The monoisotopic (exact) mass is 729 g/mol. The summed E-state index contributed by atoms with van der Waals surface area (Å²) in [5.74, 6) is 0.679. The second kappa shape index (κ2) is 13.1. The van der Waals surface area contributed by atoms with Crippen LogP contribution in [0.3, 0.4) is 0 Å². The number of fused-ring (bicyclic) bond motifs is 7. The fourth-order valence-corrected chi connectivity index (χ4v) is 9.80. The van der Waals surface area contributed by atoms with Gasteiger partial charge in [0.2, 0.25) is 0 Å². The van der Waals surface area contributed by atoms with Gasteiger partial charge in [0.25, 0.3) is 0 Å². The van der Waals surface area contributed by atoms with Crippen molar-refractivity contribution in [2.24, 2.45) is 0 Å². The number of nitrogens with two attached hydrogens (primary N) is 1. The lowest BCUT2D eigenvalue weighted by Crippen LogP contribution is -1.96. The van der Waals surface area contributed by atoms with E-state index in [0.29, 0.717) is 11.4 Å². The van der Waals surface area contributed by atoms with Crippen molar-refractivity contribution in [1.82, 2.24) is 9.13 Å². The number of nitrogen functional groups attached to an aromatic ring is 1. The Bertz CT molecular complexity index is 3130. The van der Waals surface area contributed by atoms with Crippen LogP contribution in [-0.4, -0.2) is 16.2 Å². The molecular weight excluding hydrogens is 691 g/mol.